The Morgan fingerprint density at radius 1 is 1.15 bits per heavy atom. The van der Waals surface area contributed by atoms with Gasteiger partial charge in [0.2, 0.25) is 0 Å². The van der Waals surface area contributed by atoms with Gasteiger partial charge in [0, 0.05) is 38.9 Å². The van der Waals surface area contributed by atoms with Gasteiger partial charge in [0.15, 0.2) is 0 Å². The fraction of sp³-hybridized carbons (Fsp3) is 0.263. The van der Waals surface area contributed by atoms with E-state index < -0.39 is 17.7 Å². The van der Waals surface area contributed by atoms with E-state index in [1.165, 1.54) is 19.9 Å². The molecular weight excluding hydrogens is 338 g/mol. The van der Waals surface area contributed by atoms with E-state index in [0.717, 1.165) is 17.5 Å². The third-order valence-corrected chi connectivity index (χ3v) is 3.47. The number of allylic oxidation sites excluding steroid dienone is 3. The molecule has 0 atom stereocenters. The van der Waals surface area contributed by atoms with Gasteiger partial charge in [-0.15, -0.1) is 0 Å². The molecule has 0 bridgehead atoms. The minimum absolute atomic E-state index is 0.284. The van der Waals surface area contributed by atoms with Crippen molar-refractivity contribution in [3.8, 4) is 5.75 Å². The Kier molecular flexibility index (Phi) is 5.71. The maximum absolute atomic E-state index is 11.8. The van der Waals surface area contributed by atoms with E-state index >= 15 is 0 Å². The summed E-state index contributed by atoms with van der Waals surface area (Å²) in [4.78, 5) is 25.4. The quantitative estimate of drug-likeness (QED) is 0.284. The Labute approximate surface area is 151 Å². The van der Waals surface area contributed by atoms with Crippen molar-refractivity contribution in [3.63, 3.8) is 0 Å². The Morgan fingerprint density at radius 3 is 2.27 bits per heavy atom. The summed E-state index contributed by atoms with van der Waals surface area (Å²) in [6.45, 7) is 2.90. The second-order valence-corrected chi connectivity index (χ2v) is 5.98. The first-order valence-electron chi connectivity index (χ1n) is 7.84. The summed E-state index contributed by atoms with van der Waals surface area (Å²) in [5, 5.41) is 9.90. The van der Waals surface area contributed by atoms with Crippen molar-refractivity contribution < 1.29 is 28.9 Å². The normalized spacial score (nSPS) is 16.9. The molecule has 1 aromatic rings. The van der Waals surface area contributed by atoms with Crippen molar-refractivity contribution in [2.24, 2.45) is 0 Å². The number of carbonyl (C=O) groups excluding carboxylic acids is 2. The van der Waals surface area contributed by atoms with Gasteiger partial charge in [0.25, 0.3) is 5.79 Å². The third kappa shape index (κ3) is 4.89. The molecule has 1 aliphatic rings. The lowest BCUT2D eigenvalue weighted by molar-refractivity contribution is -0.222. The number of anilines is 1. The lowest BCUT2D eigenvalue weighted by Gasteiger charge is -2.29. The molecule has 26 heavy (non-hydrogen) atoms. The molecule has 2 rings (SSSR count). The second kappa shape index (κ2) is 7.77. The lowest BCUT2D eigenvalue weighted by atomic mass is 10.2. The maximum atomic E-state index is 11.8. The van der Waals surface area contributed by atoms with Crippen LogP contribution in [0.5, 0.6) is 5.75 Å². The summed E-state index contributed by atoms with van der Waals surface area (Å²) in [5.74, 6) is -2.53. The van der Waals surface area contributed by atoms with Crippen molar-refractivity contribution in [1.29, 1.82) is 0 Å². The van der Waals surface area contributed by atoms with Crippen LogP contribution in [0.1, 0.15) is 13.8 Å². The molecule has 1 N–H and O–H groups in total. The fourth-order valence-corrected chi connectivity index (χ4v) is 2.15. The molecule has 1 aliphatic heterocycles. The van der Waals surface area contributed by atoms with Crippen LogP contribution in [-0.4, -0.2) is 37.0 Å². The van der Waals surface area contributed by atoms with Gasteiger partial charge in [-0.05, 0) is 36.4 Å². The number of hydrogen-bond acceptors (Lipinski definition) is 7. The van der Waals surface area contributed by atoms with Crippen molar-refractivity contribution in [1.82, 2.24) is 0 Å². The molecule has 0 saturated carbocycles. The van der Waals surface area contributed by atoms with Crippen molar-refractivity contribution in [2.45, 2.75) is 19.6 Å². The van der Waals surface area contributed by atoms with Crippen LogP contribution in [0.3, 0.4) is 0 Å². The highest BCUT2D eigenvalue weighted by Gasteiger charge is 2.38. The highest BCUT2D eigenvalue weighted by molar-refractivity contribution is 6.15. The monoisotopic (exact) mass is 359 g/mol. The molecule has 7 nitrogen and oxygen atoms in total. The summed E-state index contributed by atoms with van der Waals surface area (Å²) >= 11 is 0. The molecule has 138 valence electrons. The van der Waals surface area contributed by atoms with Gasteiger partial charge in [0.05, 0.1) is 7.11 Å². The van der Waals surface area contributed by atoms with Crippen molar-refractivity contribution in [2.75, 3.05) is 19.1 Å². The Bertz CT molecular complexity index is 752. The highest BCUT2D eigenvalue weighted by atomic mass is 16.7. The predicted octanol–water partition coefficient (Wildman–Crippen LogP) is 2.85. The topological polar surface area (TPSA) is 85.3 Å². The first kappa shape index (κ1) is 19.1. The predicted molar refractivity (Wildman–Crippen MR) is 95.6 cm³/mol. The molecule has 0 spiro atoms. The summed E-state index contributed by atoms with van der Waals surface area (Å²) in [6.07, 6.45) is 5.63. The SMILES string of the molecule is COc1ccc(N(C)/C=C/C=C(\O)C=C2C(=O)OC(C)(C)OC2=O)cc1. The average molecular weight is 359 g/mol. The minimum atomic E-state index is -1.31. The Hall–Kier alpha value is -3.22. The van der Waals surface area contributed by atoms with Crippen LogP contribution in [0.15, 0.2) is 60.0 Å². The third-order valence-electron chi connectivity index (χ3n) is 3.47. The van der Waals surface area contributed by atoms with E-state index in [4.69, 9.17) is 14.2 Å². The zero-order chi connectivity index (χ0) is 19.3. The Morgan fingerprint density at radius 2 is 1.73 bits per heavy atom. The number of benzene rings is 1. The van der Waals surface area contributed by atoms with E-state index in [-0.39, 0.29) is 11.3 Å². The van der Waals surface area contributed by atoms with Crippen LogP contribution in [0.4, 0.5) is 5.69 Å². The minimum Gasteiger partial charge on any atom is -0.508 e. The van der Waals surface area contributed by atoms with E-state index in [9.17, 15) is 14.7 Å². The van der Waals surface area contributed by atoms with Crippen LogP contribution in [0.25, 0.3) is 0 Å². The molecule has 0 amide bonds. The number of ether oxygens (including phenoxy) is 3. The molecule has 1 fully saturated rings. The maximum Gasteiger partial charge on any atom is 0.348 e. The summed E-state index contributed by atoms with van der Waals surface area (Å²) in [6, 6.07) is 7.42. The van der Waals surface area contributed by atoms with Gasteiger partial charge in [-0.1, -0.05) is 0 Å². The van der Waals surface area contributed by atoms with Gasteiger partial charge < -0.3 is 24.2 Å². The van der Waals surface area contributed by atoms with Crippen molar-refractivity contribution >= 4 is 17.6 Å². The molecule has 0 aliphatic carbocycles. The molecule has 1 aromatic carbocycles. The number of carbonyl (C=O) groups is 2. The van der Waals surface area contributed by atoms with Crippen LogP contribution in [-0.2, 0) is 19.1 Å². The number of nitrogens with zero attached hydrogens (tertiary/aromatic N) is 1. The van der Waals surface area contributed by atoms with Gasteiger partial charge in [0.1, 0.15) is 17.1 Å². The standard InChI is InChI=1S/C19H21NO6/c1-19(2)25-17(22)16(18(23)26-19)12-14(21)6-5-11-20(3)13-7-9-15(24-4)10-8-13/h5-12,21H,1-4H3/b11-5+,14-6-. The number of rotatable bonds is 5. The molecule has 0 radical (unpaired) electrons. The number of aliphatic hydroxyl groups excluding tert-OH is 1. The zero-order valence-corrected chi connectivity index (χ0v) is 15.1. The van der Waals surface area contributed by atoms with Gasteiger partial charge in [-0.2, -0.15) is 0 Å². The summed E-state index contributed by atoms with van der Waals surface area (Å²) in [5.41, 5.74) is 0.546. The summed E-state index contributed by atoms with van der Waals surface area (Å²) < 4.78 is 15.0. The fourth-order valence-electron chi connectivity index (χ4n) is 2.15. The second-order valence-electron chi connectivity index (χ2n) is 5.98. The highest BCUT2D eigenvalue weighted by Crippen LogP contribution is 2.23. The van der Waals surface area contributed by atoms with E-state index in [2.05, 4.69) is 0 Å². The zero-order valence-electron chi connectivity index (χ0n) is 15.1. The van der Waals surface area contributed by atoms with E-state index in [0.29, 0.717) is 0 Å². The van der Waals surface area contributed by atoms with Crippen LogP contribution >= 0.6 is 0 Å². The van der Waals surface area contributed by atoms with Crippen LogP contribution < -0.4 is 9.64 Å². The Balaban J connectivity index is 2.05. The van der Waals surface area contributed by atoms with Crippen LogP contribution in [0, 0.1) is 0 Å². The largest absolute Gasteiger partial charge is 0.508 e. The number of hydrogen-bond donors (Lipinski definition) is 1. The average Bonchev–Trinajstić information content (AvgIpc) is 2.57. The van der Waals surface area contributed by atoms with E-state index in [1.807, 2.05) is 36.2 Å². The van der Waals surface area contributed by atoms with Crippen LogP contribution in [0.2, 0.25) is 0 Å². The number of aliphatic hydroxyl groups is 1. The molecule has 7 heteroatoms. The number of esters is 2. The molecule has 1 saturated heterocycles. The smallest absolute Gasteiger partial charge is 0.348 e. The molecule has 0 aromatic heterocycles. The number of cyclic esters (lactones) is 2. The van der Waals surface area contributed by atoms with Gasteiger partial charge >= 0.3 is 11.9 Å². The lowest BCUT2D eigenvalue weighted by Crippen LogP contribution is -2.41. The first-order chi connectivity index (χ1) is 12.2. The summed E-state index contributed by atoms with van der Waals surface area (Å²) in [7, 11) is 3.43. The molecule has 0 unspecified atom stereocenters. The number of methoxy groups -OCH3 is 1. The van der Waals surface area contributed by atoms with E-state index in [1.54, 1.807) is 19.4 Å². The van der Waals surface area contributed by atoms with Gasteiger partial charge in [-0.25, -0.2) is 9.59 Å². The first-order valence-corrected chi connectivity index (χ1v) is 7.84. The van der Waals surface area contributed by atoms with Crippen molar-refractivity contribution in [3.05, 3.63) is 60.0 Å². The van der Waals surface area contributed by atoms with Gasteiger partial charge in [-0.3, -0.25) is 0 Å². The molecular formula is C19H21NO6. The molecule has 1 heterocycles.